The highest BCUT2D eigenvalue weighted by Gasteiger charge is 2.15. The minimum atomic E-state index is 0.261. The summed E-state index contributed by atoms with van der Waals surface area (Å²) in [5, 5.41) is 6.63. The molecule has 1 heterocycles. The SMILES string of the molecule is CN=C(NCCCOC1CCOC1)NCc1ccc(Oc2ccccc2OC)cc1. The highest BCUT2D eigenvalue weighted by atomic mass is 16.5. The van der Waals surface area contributed by atoms with E-state index in [9.17, 15) is 0 Å². The summed E-state index contributed by atoms with van der Waals surface area (Å²) in [5.41, 5.74) is 1.13. The monoisotopic (exact) mass is 413 g/mol. The summed E-state index contributed by atoms with van der Waals surface area (Å²) in [7, 11) is 3.40. The lowest BCUT2D eigenvalue weighted by Crippen LogP contribution is -2.37. The van der Waals surface area contributed by atoms with Gasteiger partial charge in [-0.1, -0.05) is 24.3 Å². The fourth-order valence-corrected chi connectivity index (χ4v) is 3.09. The average molecular weight is 414 g/mol. The van der Waals surface area contributed by atoms with E-state index >= 15 is 0 Å². The molecule has 0 aliphatic carbocycles. The lowest BCUT2D eigenvalue weighted by Gasteiger charge is -2.14. The van der Waals surface area contributed by atoms with Crippen LogP contribution in [-0.2, 0) is 16.0 Å². The number of benzene rings is 2. The molecule has 0 radical (unpaired) electrons. The van der Waals surface area contributed by atoms with E-state index in [1.54, 1.807) is 14.2 Å². The van der Waals surface area contributed by atoms with Crippen LogP contribution in [0, 0.1) is 0 Å². The van der Waals surface area contributed by atoms with Gasteiger partial charge < -0.3 is 29.6 Å². The van der Waals surface area contributed by atoms with Crippen LogP contribution in [0.25, 0.3) is 0 Å². The number of aliphatic imine (C=N–C) groups is 1. The predicted molar refractivity (Wildman–Crippen MR) is 118 cm³/mol. The first-order valence-electron chi connectivity index (χ1n) is 10.3. The summed E-state index contributed by atoms with van der Waals surface area (Å²) in [5.74, 6) is 2.94. The zero-order valence-corrected chi connectivity index (χ0v) is 17.7. The molecular weight excluding hydrogens is 382 g/mol. The van der Waals surface area contributed by atoms with Crippen molar-refractivity contribution in [3.05, 3.63) is 54.1 Å². The quantitative estimate of drug-likeness (QED) is 0.354. The maximum Gasteiger partial charge on any atom is 0.191 e. The maximum atomic E-state index is 5.91. The van der Waals surface area contributed by atoms with Gasteiger partial charge in [-0.25, -0.2) is 0 Å². The van der Waals surface area contributed by atoms with Crippen LogP contribution in [0.3, 0.4) is 0 Å². The number of para-hydroxylation sites is 2. The first kappa shape index (κ1) is 21.9. The van der Waals surface area contributed by atoms with Gasteiger partial charge in [0.2, 0.25) is 0 Å². The molecule has 2 aromatic rings. The molecule has 2 N–H and O–H groups in total. The van der Waals surface area contributed by atoms with Crippen LogP contribution in [0.5, 0.6) is 17.2 Å². The van der Waals surface area contributed by atoms with E-state index in [1.807, 2.05) is 48.5 Å². The summed E-state index contributed by atoms with van der Waals surface area (Å²) in [4.78, 5) is 4.27. The van der Waals surface area contributed by atoms with Crippen LogP contribution < -0.4 is 20.1 Å². The van der Waals surface area contributed by atoms with Crippen molar-refractivity contribution in [2.45, 2.75) is 25.5 Å². The van der Waals surface area contributed by atoms with Crippen molar-refractivity contribution in [3.63, 3.8) is 0 Å². The number of rotatable bonds is 10. The number of hydrogen-bond donors (Lipinski definition) is 2. The van der Waals surface area contributed by atoms with E-state index < -0.39 is 0 Å². The van der Waals surface area contributed by atoms with Gasteiger partial charge in [-0.3, -0.25) is 4.99 Å². The predicted octanol–water partition coefficient (Wildman–Crippen LogP) is 3.35. The molecule has 0 spiro atoms. The second-order valence-corrected chi connectivity index (χ2v) is 6.96. The molecule has 0 amide bonds. The number of methoxy groups -OCH3 is 1. The van der Waals surface area contributed by atoms with Crippen LogP contribution in [0.4, 0.5) is 0 Å². The Hall–Kier alpha value is -2.77. The number of nitrogens with zero attached hydrogens (tertiary/aromatic N) is 1. The average Bonchev–Trinajstić information content (AvgIpc) is 3.30. The smallest absolute Gasteiger partial charge is 0.191 e. The van der Waals surface area contributed by atoms with Gasteiger partial charge in [0, 0.05) is 33.4 Å². The summed E-state index contributed by atoms with van der Waals surface area (Å²) >= 11 is 0. The van der Waals surface area contributed by atoms with Gasteiger partial charge in [-0.15, -0.1) is 0 Å². The van der Waals surface area contributed by atoms with E-state index in [0.717, 1.165) is 56.5 Å². The summed E-state index contributed by atoms with van der Waals surface area (Å²) < 4.78 is 22.3. The minimum Gasteiger partial charge on any atom is -0.493 e. The van der Waals surface area contributed by atoms with Gasteiger partial charge in [0.05, 0.1) is 19.8 Å². The van der Waals surface area contributed by atoms with Crippen molar-refractivity contribution >= 4 is 5.96 Å². The molecule has 2 aromatic carbocycles. The van der Waals surface area contributed by atoms with Crippen molar-refractivity contribution in [2.24, 2.45) is 4.99 Å². The fraction of sp³-hybridized carbons (Fsp3) is 0.435. The van der Waals surface area contributed by atoms with Crippen LogP contribution >= 0.6 is 0 Å². The zero-order chi connectivity index (χ0) is 21.0. The van der Waals surface area contributed by atoms with Gasteiger partial charge in [-0.05, 0) is 42.7 Å². The lowest BCUT2D eigenvalue weighted by molar-refractivity contribution is 0.0420. The van der Waals surface area contributed by atoms with E-state index in [1.165, 1.54) is 0 Å². The molecule has 1 aliphatic rings. The topological polar surface area (TPSA) is 73.3 Å². The molecule has 1 atom stereocenters. The number of hydrogen-bond acceptors (Lipinski definition) is 5. The van der Waals surface area contributed by atoms with E-state index in [2.05, 4.69) is 15.6 Å². The Morgan fingerprint density at radius 1 is 1.10 bits per heavy atom. The Morgan fingerprint density at radius 3 is 2.60 bits per heavy atom. The van der Waals surface area contributed by atoms with Gasteiger partial charge in [0.25, 0.3) is 0 Å². The normalized spacial score (nSPS) is 16.3. The summed E-state index contributed by atoms with van der Waals surface area (Å²) in [6, 6.07) is 15.6. The highest BCUT2D eigenvalue weighted by molar-refractivity contribution is 5.79. The van der Waals surface area contributed by atoms with Crippen molar-refractivity contribution in [2.75, 3.05) is 40.5 Å². The standard InChI is InChI=1S/C23H31N3O4/c1-24-23(25-13-5-14-29-20-12-15-28-17-20)26-16-18-8-10-19(11-9-18)30-22-7-4-3-6-21(22)27-2/h3-4,6-11,20H,5,12-17H2,1-2H3,(H2,24,25,26). The maximum absolute atomic E-state index is 5.91. The second-order valence-electron chi connectivity index (χ2n) is 6.96. The molecule has 7 heteroatoms. The molecule has 1 fully saturated rings. The summed E-state index contributed by atoms with van der Waals surface area (Å²) in [6.45, 7) is 3.74. The Labute approximate surface area is 178 Å². The zero-order valence-electron chi connectivity index (χ0n) is 17.7. The molecule has 0 bridgehead atoms. The van der Waals surface area contributed by atoms with Gasteiger partial charge >= 0.3 is 0 Å². The third-order valence-electron chi connectivity index (χ3n) is 4.76. The minimum absolute atomic E-state index is 0.261. The first-order valence-corrected chi connectivity index (χ1v) is 10.3. The van der Waals surface area contributed by atoms with Crippen molar-refractivity contribution < 1.29 is 18.9 Å². The number of nitrogens with one attached hydrogen (secondary N) is 2. The molecule has 7 nitrogen and oxygen atoms in total. The molecule has 1 unspecified atom stereocenters. The lowest BCUT2D eigenvalue weighted by atomic mass is 10.2. The van der Waals surface area contributed by atoms with Gasteiger partial charge in [0.15, 0.2) is 17.5 Å². The molecule has 162 valence electrons. The molecule has 3 rings (SSSR count). The van der Waals surface area contributed by atoms with Crippen molar-refractivity contribution in [1.29, 1.82) is 0 Å². The largest absolute Gasteiger partial charge is 0.493 e. The van der Waals surface area contributed by atoms with Crippen LogP contribution in [0.15, 0.2) is 53.5 Å². The van der Waals surface area contributed by atoms with Gasteiger partial charge in [0.1, 0.15) is 5.75 Å². The fourth-order valence-electron chi connectivity index (χ4n) is 3.09. The Kier molecular flexibility index (Phi) is 8.80. The van der Waals surface area contributed by atoms with Gasteiger partial charge in [-0.2, -0.15) is 0 Å². The second kappa shape index (κ2) is 12.0. The van der Waals surface area contributed by atoms with Crippen molar-refractivity contribution in [3.8, 4) is 17.2 Å². The van der Waals surface area contributed by atoms with E-state index in [-0.39, 0.29) is 6.10 Å². The molecule has 1 saturated heterocycles. The Morgan fingerprint density at radius 2 is 1.90 bits per heavy atom. The Balaban J connectivity index is 1.37. The molecule has 1 aliphatic heterocycles. The molecular formula is C23H31N3O4. The van der Waals surface area contributed by atoms with Crippen LogP contribution in [0.1, 0.15) is 18.4 Å². The third-order valence-corrected chi connectivity index (χ3v) is 4.76. The molecule has 30 heavy (non-hydrogen) atoms. The van der Waals surface area contributed by atoms with Crippen LogP contribution in [-0.4, -0.2) is 52.6 Å². The number of guanidine groups is 1. The highest BCUT2D eigenvalue weighted by Crippen LogP contribution is 2.30. The first-order chi connectivity index (χ1) is 14.8. The Bertz CT molecular complexity index is 789. The molecule has 0 aromatic heterocycles. The third kappa shape index (κ3) is 6.93. The van der Waals surface area contributed by atoms with Crippen molar-refractivity contribution in [1.82, 2.24) is 10.6 Å². The van der Waals surface area contributed by atoms with Crippen LogP contribution in [0.2, 0.25) is 0 Å². The molecule has 0 saturated carbocycles. The number of ether oxygens (including phenoxy) is 4. The van der Waals surface area contributed by atoms with E-state index in [4.69, 9.17) is 18.9 Å². The summed E-state index contributed by atoms with van der Waals surface area (Å²) in [6.07, 6.45) is 2.18. The van der Waals surface area contributed by atoms with E-state index in [0.29, 0.717) is 18.0 Å².